The van der Waals surface area contributed by atoms with Crippen LogP contribution < -0.4 is 16.4 Å². The molecule has 0 radical (unpaired) electrons. The van der Waals surface area contributed by atoms with Gasteiger partial charge in [-0.15, -0.1) is 0 Å². The third-order valence-electron chi connectivity index (χ3n) is 3.99. The van der Waals surface area contributed by atoms with Crippen molar-refractivity contribution in [2.45, 2.75) is 44.3 Å². The molecule has 0 saturated carbocycles. The van der Waals surface area contributed by atoms with E-state index in [-0.39, 0.29) is 18.0 Å². The molecule has 0 aliphatic carbocycles. The van der Waals surface area contributed by atoms with Crippen LogP contribution >= 0.6 is 15.9 Å². The van der Waals surface area contributed by atoms with Crippen LogP contribution in [0.15, 0.2) is 28.7 Å². The maximum Gasteiger partial charge on any atom is 0.244 e. The fraction of sp³-hybridized carbons (Fsp3) is 0.533. The molecule has 1 fully saturated rings. The molecule has 2 rings (SSSR count). The summed E-state index contributed by atoms with van der Waals surface area (Å²) in [6, 6.07) is 8.00. The summed E-state index contributed by atoms with van der Waals surface area (Å²) in [5, 5.41) is 6.46. The van der Waals surface area contributed by atoms with Crippen molar-refractivity contribution in [3.63, 3.8) is 0 Å². The summed E-state index contributed by atoms with van der Waals surface area (Å²) in [6.07, 6.45) is 2.07. The number of halogens is 1. The molecule has 1 aliphatic rings. The van der Waals surface area contributed by atoms with Crippen molar-refractivity contribution in [3.8, 4) is 0 Å². The topological polar surface area (TPSA) is 67.1 Å². The van der Waals surface area contributed by atoms with E-state index in [1.807, 2.05) is 24.3 Å². The summed E-state index contributed by atoms with van der Waals surface area (Å²) in [4.78, 5) is 12.5. The lowest BCUT2D eigenvalue weighted by molar-refractivity contribution is -0.127. The normalized spacial score (nSPS) is 25.8. The number of hydrogen-bond donors (Lipinski definition) is 3. The van der Waals surface area contributed by atoms with Gasteiger partial charge in [0.05, 0.1) is 0 Å². The van der Waals surface area contributed by atoms with Crippen molar-refractivity contribution in [2.75, 3.05) is 6.54 Å². The second-order valence-electron chi connectivity index (χ2n) is 5.67. The Hall–Kier alpha value is -0.910. The Balaban J connectivity index is 2.08. The molecule has 5 heteroatoms. The monoisotopic (exact) mass is 339 g/mol. The van der Waals surface area contributed by atoms with Gasteiger partial charge < -0.3 is 16.4 Å². The Morgan fingerprint density at radius 2 is 2.10 bits per heavy atom. The van der Waals surface area contributed by atoms with Crippen LogP contribution in [0.25, 0.3) is 0 Å². The Morgan fingerprint density at radius 3 is 2.70 bits per heavy atom. The molecule has 110 valence electrons. The number of hydrogen-bond acceptors (Lipinski definition) is 3. The molecule has 0 aromatic heterocycles. The first-order valence-corrected chi connectivity index (χ1v) is 7.80. The van der Waals surface area contributed by atoms with Gasteiger partial charge in [-0.3, -0.25) is 4.79 Å². The number of piperidine rings is 1. The van der Waals surface area contributed by atoms with Gasteiger partial charge in [-0.05, 0) is 50.9 Å². The van der Waals surface area contributed by atoms with Crippen molar-refractivity contribution in [2.24, 2.45) is 5.73 Å². The van der Waals surface area contributed by atoms with Gasteiger partial charge >= 0.3 is 0 Å². The van der Waals surface area contributed by atoms with E-state index in [2.05, 4.69) is 33.5 Å². The highest BCUT2D eigenvalue weighted by Crippen LogP contribution is 2.21. The van der Waals surface area contributed by atoms with E-state index in [0.717, 1.165) is 29.4 Å². The van der Waals surface area contributed by atoms with Crippen molar-refractivity contribution < 1.29 is 4.79 Å². The SMILES string of the molecule is CC1NCCCC1NC(=O)C(C)(N)c1ccc(Br)cc1. The predicted molar refractivity (Wildman–Crippen MR) is 84.3 cm³/mol. The van der Waals surface area contributed by atoms with E-state index in [9.17, 15) is 4.79 Å². The number of carbonyl (C=O) groups excluding carboxylic acids is 1. The summed E-state index contributed by atoms with van der Waals surface area (Å²) < 4.78 is 0.975. The number of amides is 1. The van der Waals surface area contributed by atoms with Crippen LogP contribution in [-0.2, 0) is 10.3 Å². The molecule has 1 aromatic rings. The Labute approximate surface area is 128 Å². The molecule has 3 unspecified atom stereocenters. The largest absolute Gasteiger partial charge is 0.350 e. The second kappa shape index (κ2) is 6.24. The molecule has 20 heavy (non-hydrogen) atoms. The Bertz CT molecular complexity index is 473. The molecule has 4 nitrogen and oxygen atoms in total. The molecule has 1 saturated heterocycles. The minimum atomic E-state index is -1.02. The van der Waals surface area contributed by atoms with Gasteiger partial charge in [0.25, 0.3) is 0 Å². The Kier molecular flexibility index (Phi) is 4.83. The first-order chi connectivity index (χ1) is 9.41. The van der Waals surface area contributed by atoms with Crippen molar-refractivity contribution >= 4 is 21.8 Å². The van der Waals surface area contributed by atoms with E-state index >= 15 is 0 Å². The third kappa shape index (κ3) is 3.40. The highest BCUT2D eigenvalue weighted by atomic mass is 79.9. The second-order valence-corrected chi connectivity index (χ2v) is 6.59. The zero-order valence-corrected chi connectivity index (χ0v) is 13.5. The van der Waals surface area contributed by atoms with E-state index in [0.29, 0.717) is 0 Å². The molecule has 1 aromatic carbocycles. The summed E-state index contributed by atoms with van der Waals surface area (Å²) >= 11 is 3.39. The number of benzene rings is 1. The fourth-order valence-electron chi connectivity index (χ4n) is 2.49. The highest BCUT2D eigenvalue weighted by molar-refractivity contribution is 9.10. The number of rotatable bonds is 3. The lowest BCUT2D eigenvalue weighted by Gasteiger charge is -2.34. The number of carbonyl (C=O) groups is 1. The molecule has 3 atom stereocenters. The van der Waals surface area contributed by atoms with Crippen LogP contribution in [0, 0.1) is 0 Å². The lowest BCUT2D eigenvalue weighted by Crippen LogP contribution is -2.58. The Morgan fingerprint density at radius 1 is 1.45 bits per heavy atom. The van der Waals surface area contributed by atoms with E-state index in [1.165, 1.54) is 0 Å². The molecule has 1 heterocycles. The average Bonchev–Trinajstić information content (AvgIpc) is 2.41. The summed E-state index contributed by atoms with van der Waals surface area (Å²) in [5.41, 5.74) is 6.04. The molecular weight excluding hydrogens is 318 g/mol. The average molecular weight is 340 g/mol. The minimum absolute atomic E-state index is 0.125. The van der Waals surface area contributed by atoms with Gasteiger partial charge in [-0.25, -0.2) is 0 Å². The smallest absolute Gasteiger partial charge is 0.244 e. The van der Waals surface area contributed by atoms with Crippen molar-refractivity contribution in [1.82, 2.24) is 10.6 Å². The van der Waals surface area contributed by atoms with Crippen LogP contribution in [0.1, 0.15) is 32.3 Å². The van der Waals surface area contributed by atoms with Gasteiger partial charge in [0.1, 0.15) is 5.54 Å². The third-order valence-corrected chi connectivity index (χ3v) is 4.52. The van der Waals surface area contributed by atoms with Gasteiger partial charge in [0.2, 0.25) is 5.91 Å². The summed E-state index contributed by atoms with van der Waals surface area (Å²) in [6.45, 7) is 4.87. The maximum absolute atomic E-state index is 12.5. The van der Waals surface area contributed by atoms with E-state index in [4.69, 9.17) is 5.73 Å². The quantitative estimate of drug-likeness (QED) is 0.787. The van der Waals surface area contributed by atoms with Gasteiger partial charge in [-0.2, -0.15) is 0 Å². The molecule has 1 amide bonds. The van der Waals surface area contributed by atoms with Crippen LogP contribution in [0.2, 0.25) is 0 Å². The number of nitrogens with two attached hydrogens (primary N) is 1. The standard InChI is InChI=1S/C15H22BrN3O/c1-10-13(4-3-9-18-10)19-14(20)15(2,17)11-5-7-12(16)8-6-11/h5-8,10,13,18H,3-4,9,17H2,1-2H3,(H,19,20). The molecule has 0 bridgehead atoms. The summed E-state index contributed by atoms with van der Waals surface area (Å²) in [5.74, 6) is -0.125. The zero-order valence-electron chi connectivity index (χ0n) is 11.9. The first kappa shape index (κ1) is 15.5. The van der Waals surface area contributed by atoms with Crippen molar-refractivity contribution in [3.05, 3.63) is 34.3 Å². The summed E-state index contributed by atoms with van der Waals surface area (Å²) in [7, 11) is 0. The van der Waals surface area contributed by atoms with Gasteiger partial charge in [-0.1, -0.05) is 28.1 Å². The lowest BCUT2D eigenvalue weighted by atomic mass is 9.91. The van der Waals surface area contributed by atoms with Gasteiger partial charge in [0.15, 0.2) is 0 Å². The fourth-order valence-corrected chi connectivity index (χ4v) is 2.75. The van der Waals surface area contributed by atoms with E-state index < -0.39 is 5.54 Å². The minimum Gasteiger partial charge on any atom is -0.350 e. The van der Waals surface area contributed by atoms with Crippen molar-refractivity contribution in [1.29, 1.82) is 0 Å². The highest BCUT2D eigenvalue weighted by Gasteiger charge is 2.33. The molecular formula is C15H22BrN3O. The van der Waals surface area contributed by atoms with Crippen LogP contribution in [-0.4, -0.2) is 24.5 Å². The molecule has 0 spiro atoms. The first-order valence-electron chi connectivity index (χ1n) is 7.00. The van der Waals surface area contributed by atoms with Crippen LogP contribution in [0.4, 0.5) is 0 Å². The van der Waals surface area contributed by atoms with E-state index in [1.54, 1.807) is 6.92 Å². The maximum atomic E-state index is 12.5. The zero-order chi connectivity index (χ0) is 14.8. The molecule has 4 N–H and O–H groups in total. The van der Waals surface area contributed by atoms with Crippen LogP contribution in [0.3, 0.4) is 0 Å². The molecule has 1 aliphatic heterocycles. The predicted octanol–water partition coefficient (Wildman–Crippen LogP) is 1.88. The number of nitrogens with one attached hydrogen (secondary N) is 2. The van der Waals surface area contributed by atoms with Crippen LogP contribution in [0.5, 0.6) is 0 Å². The van der Waals surface area contributed by atoms with Gasteiger partial charge in [0, 0.05) is 16.6 Å².